The molecule has 0 bridgehead atoms. The van der Waals surface area contributed by atoms with Crippen molar-refractivity contribution in [2.75, 3.05) is 0 Å². The topological polar surface area (TPSA) is 63.3 Å². The summed E-state index contributed by atoms with van der Waals surface area (Å²) in [5.41, 5.74) is 5.22. The number of carboxylic acid groups (broad SMARTS) is 1. The number of rotatable bonds is 2. The molecule has 3 N–H and O–H groups in total. The minimum absolute atomic E-state index is 0. The molecule has 10 heavy (non-hydrogen) atoms. The van der Waals surface area contributed by atoms with Crippen molar-refractivity contribution in [2.24, 2.45) is 5.73 Å². The van der Waals surface area contributed by atoms with E-state index in [0.29, 0.717) is 0 Å². The molecule has 0 aliphatic heterocycles. The zero-order chi connectivity index (χ0) is 7.65. The Morgan fingerprint density at radius 3 is 2.00 bits per heavy atom. The molecule has 0 fully saturated rings. The number of aliphatic carboxylic acids is 1. The first kappa shape index (κ1) is 13.6. The first-order chi connectivity index (χ1) is 3.85. The molecule has 0 amide bonds. The molecule has 0 saturated carbocycles. The van der Waals surface area contributed by atoms with E-state index in [0.717, 1.165) is 0 Å². The predicted octanol–water partition coefficient (Wildman–Crippen LogP) is -0.810. The summed E-state index contributed by atoms with van der Waals surface area (Å²) in [6.07, 6.45) is 0. The molecule has 0 aliphatic rings. The average Bonchev–Trinajstić information content (AvgIpc) is 1.62. The SMILES string of the molecule is CC(C)(S)[C@@H](N)C(=O)O.[CaH2]. The van der Waals surface area contributed by atoms with E-state index >= 15 is 0 Å². The van der Waals surface area contributed by atoms with Crippen LogP contribution in [0, 0.1) is 0 Å². The molecule has 0 spiro atoms. The van der Waals surface area contributed by atoms with Gasteiger partial charge in [-0.1, -0.05) is 0 Å². The van der Waals surface area contributed by atoms with Gasteiger partial charge in [0.05, 0.1) is 0 Å². The summed E-state index contributed by atoms with van der Waals surface area (Å²) in [4.78, 5) is 10.2. The third kappa shape index (κ3) is 4.79. The average molecular weight is 191 g/mol. The van der Waals surface area contributed by atoms with E-state index in [4.69, 9.17) is 10.8 Å². The Kier molecular flexibility index (Phi) is 6.57. The summed E-state index contributed by atoms with van der Waals surface area (Å²) in [5.74, 6) is -1.02. The van der Waals surface area contributed by atoms with Crippen molar-refractivity contribution in [1.82, 2.24) is 0 Å². The fourth-order valence-electron chi connectivity index (χ4n) is 0.302. The second kappa shape index (κ2) is 4.82. The number of hydrogen-bond acceptors (Lipinski definition) is 3. The molecule has 5 heteroatoms. The zero-order valence-electron chi connectivity index (χ0n) is 5.46. The Bertz CT molecular complexity index is 123. The number of carboxylic acids is 1. The van der Waals surface area contributed by atoms with Gasteiger partial charge in [-0.15, -0.1) is 0 Å². The fourth-order valence-corrected chi connectivity index (χ4v) is 0.413. The van der Waals surface area contributed by atoms with Crippen molar-refractivity contribution in [3.63, 3.8) is 0 Å². The summed E-state index contributed by atoms with van der Waals surface area (Å²) >= 11 is 3.98. The molecule has 0 aromatic rings. The van der Waals surface area contributed by atoms with Crippen molar-refractivity contribution in [3.8, 4) is 0 Å². The molecule has 3 nitrogen and oxygen atoms in total. The quantitative estimate of drug-likeness (QED) is 0.395. The molecule has 0 aromatic heterocycles. The first-order valence-corrected chi connectivity index (χ1v) is 3.01. The van der Waals surface area contributed by atoms with E-state index in [1.807, 2.05) is 0 Å². The van der Waals surface area contributed by atoms with Crippen molar-refractivity contribution < 1.29 is 9.90 Å². The van der Waals surface area contributed by atoms with Gasteiger partial charge in [0.15, 0.2) is 0 Å². The van der Waals surface area contributed by atoms with Gasteiger partial charge in [-0.05, 0) is 13.8 Å². The van der Waals surface area contributed by atoms with Crippen LogP contribution in [0.3, 0.4) is 0 Å². The zero-order valence-corrected chi connectivity index (χ0v) is 6.35. The summed E-state index contributed by atoms with van der Waals surface area (Å²) in [6.45, 7) is 3.32. The monoisotopic (exact) mass is 191 g/mol. The van der Waals surface area contributed by atoms with Crippen LogP contribution in [-0.2, 0) is 4.79 Å². The van der Waals surface area contributed by atoms with Gasteiger partial charge in [0, 0.05) is 4.75 Å². The molecule has 0 aromatic carbocycles. The van der Waals surface area contributed by atoms with Crippen LogP contribution in [0.25, 0.3) is 0 Å². The fraction of sp³-hybridized carbons (Fsp3) is 0.800. The van der Waals surface area contributed by atoms with Gasteiger partial charge in [0.2, 0.25) is 0 Å². The van der Waals surface area contributed by atoms with Crippen molar-refractivity contribution in [3.05, 3.63) is 0 Å². The second-order valence-electron chi connectivity index (χ2n) is 2.47. The van der Waals surface area contributed by atoms with Crippen LogP contribution in [0.15, 0.2) is 0 Å². The van der Waals surface area contributed by atoms with Crippen LogP contribution in [0.1, 0.15) is 13.8 Å². The van der Waals surface area contributed by atoms with E-state index in [1.165, 1.54) is 0 Å². The van der Waals surface area contributed by atoms with Gasteiger partial charge in [-0.2, -0.15) is 12.6 Å². The number of carbonyl (C=O) groups is 1. The van der Waals surface area contributed by atoms with Crippen LogP contribution in [-0.4, -0.2) is 59.6 Å². The van der Waals surface area contributed by atoms with Gasteiger partial charge in [0.25, 0.3) is 0 Å². The molecule has 0 radical (unpaired) electrons. The maximum absolute atomic E-state index is 10.2. The third-order valence-electron chi connectivity index (χ3n) is 1.03. The standard InChI is InChI=1S/C5H11NO2S.Ca.2H/c1-5(2,9)3(6)4(7)8;;;/h3,9H,6H2,1-2H3,(H,7,8);;;/t3-;;;/m0.../s1. The summed E-state index contributed by atoms with van der Waals surface area (Å²) in [5, 5.41) is 8.34. The molecule has 0 unspecified atom stereocenters. The molecular weight excluding hydrogens is 178 g/mol. The molecule has 1 atom stereocenters. The molecule has 0 saturated heterocycles. The Morgan fingerprint density at radius 2 is 2.00 bits per heavy atom. The number of hydrogen-bond donors (Lipinski definition) is 3. The van der Waals surface area contributed by atoms with E-state index in [1.54, 1.807) is 13.8 Å². The van der Waals surface area contributed by atoms with Gasteiger partial charge >= 0.3 is 43.7 Å². The summed E-state index contributed by atoms with van der Waals surface area (Å²) < 4.78 is -0.647. The maximum atomic E-state index is 10.2. The summed E-state index contributed by atoms with van der Waals surface area (Å²) in [6, 6.07) is -0.902. The molecule has 58 valence electrons. The van der Waals surface area contributed by atoms with E-state index < -0.39 is 16.8 Å². The van der Waals surface area contributed by atoms with E-state index in [2.05, 4.69) is 12.6 Å². The van der Waals surface area contributed by atoms with Crippen molar-refractivity contribution in [2.45, 2.75) is 24.6 Å². The van der Waals surface area contributed by atoms with E-state index in [-0.39, 0.29) is 37.7 Å². The van der Waals surface area contributed by atoms with Gasteiger partial charge < -0.3 is 10.8 Å². The van der Waals surface area contributed by atoms with Gasteiger partial charge in [-0.25, -0.2) is 0 Å². The molecule has 0 aliphatic carbocycles. The Balaban J connectivity index is 0. The Labute approximate surface area is 95.8 Å². The first-order valence-electron chi connectivity index (χ1n) is 2.56. The van der Waals surface area contributed by atoms with Gasteiger partial charge in [-0.3, -0.25) is 4.79 Å². The Hall–Kier alpha value is 1.04. The summed E-state index contributed by atoms with van der Waals surface area (Å²) in [7, 11) is 0. The molecular formula is C5H13CaNO2S. The number of thiol groups is 1. The van der Waals surface area contributed by atoms with E-state index in [9.17, 15) is 4.79 Å². The van der Waals surface area contributed by atoms with Crippen LogP contribution in [0.5, 0.6) is 0 Å². The van der Waals surface area contributed by atoms with Gasteiger partial charge in [0.1, 0.15) is 6.04 Å². The van der Waals surface area contributed by atoms with Crippen LogP contribution >= 0.6 is 12.6 Å². The normalized spacial score (nSPS) is 13.6. The van der Waals surface area contributed by atoms with Crippen LogP contribution in [0.2, 0.25) is 0 Å². The molecule has 0 rings (SSSR count). The molecule has 0 heterocycles. The van der Waals surface area contributed by atoms with Crippen molar-refractivity contribution in [1.29, 1.82) is 0 Å². The minimum atomic E-state index is -1.02. The number of nitrogens with two attached hydrogens (primary N) is 1. The van der Waals surface area contributed by atoms with Crippen LogP contribution in [0.4, 0.5) is 0 Å². The third-order valence-corrected chi connectivity index (χ3v) is 1.31. The Morgan fingerprint density at radius 1 is 1.70 bits per heavy atom. The predicted molar refractivity (Wildman–Crippen MR) is 47.2 cm³/mol. The second-order valence-corrected chi connectivity index (χ2v) is 3.62. The van der Waals surface area contributed by atoms with Crippen LogP contribution < -0.4 is 5.73 Å². The van der Waals surface area contributed by atoms with Crippen molar-refractivity contribution >= 4 is 56.3 Å².